The van der Waals surface area contributed by atoms with E-state index in [0.29, 0.717) is 103 Å². The minimum atomic E-state index is -0.476. The highest BCUT2D eigenvalue weighted by Gasteiger charge is 2.36. The molecule has 64 heavy (non-hydrogen) atoms. The van der Waals surface area contributed by atoms with Crippen molar-refractivity contribution < 1.29 is 47.6 Å². The fourth-order valence-electron chi connectivity index (χ4n) is 6.56. The van der Waals surface area contributed by atoms with Crippen LogP contribution in [0.25, 0.3) is 9.69 Å². The summed E-state index contributed by atoms with van der Waals surface area (Å²) in [5, 5.41) is 19.2. The van der Waals surface area contributed by atoms with Crippen LogP contribution >= 0.6 is 47.0 Å². The van der Waals surface area contributed by atoms with Crippen molar-refractivity contribution in [2.24, 2.45) is 11.8 Å². The molecule has 0 amide bonds. The van der Waals surface area contributed by atoms with Gasteiger partial charge in [0.1, 0.15) is 23.0 Å². The van der Waals surface area contributed by atoms with Crippen LogP contribution in [0.15, 0.2) is 89.0 Å². The lowest BCUT2D eigenvalue weighted by molar-refractivity contribution is -0.145. The summed E-state index contributed by atoms with van der Waals surface area (Å²) in [6, 6.07) is 10.6. The second-order valence-electron chi connectivity index (χ2n) is 14.2. The largest absolute Gasteiger partial charge is 0.492 e. The lowest BCUT2D eigenvalue weighted by Crippen LogP contribution is -2.30. The number of unbranched alkanes of at least 4 members (excludes halogenated alkanes) is 6. The second kappa shape index (κ2) is 25.5. The van der Waals surface area contributed by atoms with Crippen molar-refractivity contribution in [2.45, 2.75) is 96.6 Å². The van der Waals surface area contributed by atoms with E-state index in [4.69, 9.17) is 41.6 Å². The van der Waals surface area contributed by atoms with Crippen molar-refractivity contribution in [3.8, 4) is 35.1 Å². The predicted molar refractivity (Wildman–Crippen MR) is 242 cm³/mol. The molecule has 2 heterocycles. The van der Waals surface area contributed by atoms with Gasteiger partial charge in [0, 0.05) is 12.2 Å². The maximum absolute atomic E-state index is 13.6. The van der Waals surface area contributed by atoms with E-state index in [9.17, 15) is 29.7 Å². The molecule has 3 aliphatic rings. The first-order valence-corrected chi connectivity index (χ1v) is 23.8. The Hall–Kier alpha value is -5.76. The molecule has 14 nitrogen and oxygen atoms in total. The van der Waals surface area contributed by atoms with Gasteiger partial charge in [-0.25, -0.2) is 29.8 Å². The van der Waals surface area contributed by atoms with Gasteiger partial charge in [-0.2, -0.15) is 0 Å². The number of rotatable bonds is 22. The van der Waals surface area contributed by atoms with Crippen molar-refractivity contribution in [2.75, 3.05) is 26.4 Å². The van der Waals surface area contributed by atoms with Crippen molar-refractivity contribution in [1.29, 1.82) is 10.5 Å². The molecule has 332 valence electrons. The number of esters is 4. The van der Waals surface area contributed by atoms with Crippen LogP contribution in [0.3, 0.4) is 0 Å². The van der Waals surface area contributed by atoms with Crippen LogP contribution in [-0.2, 0) is 28.7 Å². The normalized spacial score (nSPS) is 17.4. The van der Waals surface area contributed by atoms with E-state index in [2.05, 4.69) is 22.8 Å². The first-order chi connectivity index (χ1) is 31.1. The number of thioether (sulfide) groups is 4. The van der Waals surface area contributed by atoms with Gasteiger partial charge < -0.3 is 28.4 Å². The summed E-state index contributed by atoms with van der Waals surface area (Å²) >= 11 is 4.83. The van der Waals surface area contributed by atoms with Gasteiger partial charge in [0.05, 0.1) is 91.6 Å². The third kappa shape index (κ3) is 13.6. The Bertz CT molecular complexity index is 2170. The lowest BCUT2D eigenvalue weighted by Gasteiger charge is -2.26. The molecule has 2 aromatic rings. The molecule has 18 heteroatoms. The number of nitriles is 2. The molecule has 1 fully saturated rings. The van der Waals surface area contributed by atoms with E-state index in [-0.39, 0.29) is 11.4 Å². The third-order valence-electron chi connectivity index (χ3n) is 9.91. The summed E-state index contributed by atoms with van der Waals surface area (Å²) in [6.07, 6.45) is 10.2. The average molecular weight is 941 g/mol. The Morgan fingerprint density at radius 2 is 0.906 bits per heavy atom. The van der Waals surface area contributed by atoms with Gasteiger partial charge in [-0.15, -0.1) is 0 Å². The molecule has 0 spiro atoms. The van der Waals surface area contributed by atoms with Crippen molar-refractivity contribution in [3.05, 3.63) is 92.3 Å². The summed E-state index contributed by atoms with van der Waals surface area (Å²) < 4.78 is 35.1. The number of hydrogen-bond acceptors (Lipinski definition) is 16. The fourth-order valence-corrected chi connectivity index (χ4v) is 11.5. The number of carbonyl (C=O) groups excluding carboxylic acids is 4. The monoisotopic (exact) mass is 940 g/mol. The molecule has 2 aromatic carbocycles. The first-order valence-electron chi connectivity index (χ1n) is 20.5. The Kier molecular flexibility index (Phi) is 19.6. The van der Waals surface area contributed by atoms with E-state index in [0.717, 1.165) is 63.5 Å². The van der Waals surface area contributed by atoms with E-state index in [1.807, 2.05) is 12.1 Å². The van der Waals surface area contributed by atoms with Gasteiger partial charge in [0.2, 0.25) is 0 Å². The van der Waals surface area contributed by atoms with Gasteiger partial charge in [-0.3, -0.25) is 9.59 Å². The molecule has 1 aliphatic carbocycles. The van der Waals surface area contributed by atoms with E-state index >= 15 is 0 Å². The zero-order chi connectivity index (χ0) is 45.8. The summed E-state index contributed by atoms with van der Waals surface area (Å²) in [5.41, 5.74) is -0.137. The zero-order valence-corrected chi connectivity index (χ0v) is 38.1. The summed E-state index contributed by atoms with van der Waals surface area (Å²) in [5.74, 6) is -1.05. The fraction of sp³-hybridized carbons (Fsp3) is 0.391. The smallest absolute Gasteiger partial charge is 0.330 e. The van der Waals surface area contributed by atoms with E-state index in [1.54, 1.807) is 24.3 Å². The maximum atomic E-state index is 13.6. The maximum Gasteiger partial charge on any atom is 0.330 e. The number of hydrogen-bond donors (Lipinski definition) is 0. The van der Waals surface area contributed by atoms with Crippen molar-refractivity contribution in [1.82, 2.24) is 0 Å². The summed E-state index contributed by atoms with van der Waals surface area (Å²) in [7, 11) is 0. The molecule has 0 unspecified atom stereocenters. The Balaban J connectivity index is 1.16. The summed E-state index contributed by atoms with van der Waals surface area (Å²) in [6.45, 7) is 23.2. The van der Waals surface area contributed by atoms with Crippen LogP contribution in [0.5, 0.6) is 23.0 Å². The highest BCUT2D eigenvalue weighted by Crippen LogP contribution is 2.60. The molecule has 0 radical (unpaired) electrons. The summed E-state index contributed by atoms with van der Waals surface area (Å²) in [4.78, 5) is 58.8. The first kappa shape index (κ1) is 49.3. The van der Waals surface area contributed by atoms with Crippen LogP contribution in [0, 0.1) is 47.6 Å². The van der Waals surface area contributed by atoms with Crippen LogP contribution in [0.1, 0.15) is 77.0 Å². The number of fused-ring (bicyclic) bond motifs is 2. The van der Waals surface area contributed by atoms with Crippen LogP contribution < -0.4 is 18.9 Å². The third-order valence-corrected chi connectivity index (χ3v) is 15.1. The molecule has 0 aromatic heterocycles. The number of allylic oxidation sites excluding steroid dienone is 2. The van der Waals surface area contributed by atoms with Gasteiger partial charge in [-0.05, 0) is 101 Å². The number of nitrogens with zero attached hydrogens (tertiary/aromatic N) is 4. The van der Waals surface area contributed by atoms with Crippen molar-refractivity contribution in [3.63, 3.8) is 0 Å². The second-order valence-corrected chi connectivity index (χ2v) is 18.8. The molecule has 5 rings (SSSR count). The molecule has 0 N–H and O–H groups in total. The standard InChI is InChI=1S/C46H44N4O10S4/c1-5-37(51)57-25-13-9-7-11-23-55-33-19-21-35(41-39(33)61-45(63-41)31(27-47)49-3)59-43(53)29-15-17-30(18-16-29)44(54)60-36-22-20-34(40-42(36)64-46(62-40)32(28-48)50-4)56-24-12-8-10-14-26-58-38(52)6-2/h5-6,19-22,29-30H,1-2,7-18,23-26H2/b45-31-,46-32+. The van der Waals surface area contributed by atoms with Gasteiger partial charge >= 0.3 is 23.9 Å². The SMILES string of the molecule is [C-]#[N+]/C(C#N)=C1/Sc2c(OCCCCCCOC(=O)C=C)ccc(OC(=O)C3CCC(C(=O)Oc4ccc(OCCCCCCOC(=O)C=C)c5c4S/C(=C(\C#N)[N+]#[C-])S5)CC3)c2S1. The Labute approximate surface area is 389 Å². The predicted octanol–water partition coefficient (Wildman–Crippen LogP) is 11.0. The molecule has 2 aliphatic heterocycles. The minimum Gasteiger partial charge on any atom is -0.492 e. The molecule has 0 bridgehead atoms. The molecule has 0 atom stereocenters. The van der Waals surface area contributed by atoms with Gasteiger partial charge in [0.25, 0.3) is 11.4 Å². The van der Waals surface area contributed by atoms with Gasteiger partial charge in [-0.1, -0.05) is 60.2 Å². The zero-order valence-electron chi connectivity index (χ0n) is 34.9. The topological polar surface area (TPSA) is 180 Å². The highest BCUT2D eigenvalue weighted by atomic mass is 32.2. The van der Waals surface area contributed by atoms with Crippen LogP contribution in [-0.4, -0.2) is 50.3 Å². The van der Waals surface area contributed by atoms with E-state index < -0.39 is 35.7 Å². The van der Waals surface area contributed by atoms with Crippen LogP contribution in [0.2, 0.25) is 0 Å². The minimum absolute atomic E-state index is 0.0686. The average Bonchev–Trinajstić information content (AvgIpc) is 3.97. The van der Waals surface area contributed by atoms with Gasteiger partial charge in [0.15, 0.2) is 0 Å². The number of carbonyl (C=O) groups is 4. The van der Waals surface area contributed by atoms with Crippen molar-refractivity contribution >= 4 is 70.9 Å². The molecular formula is C46H44N4O10S4. The molecule has 1 saturated carbocycles. The molecular weight excluding hydrogens is 897 g/mol. The molecule has 0 saturated heterocycles. The Morgan fingerprint density at radius 3 is 1.23 bits per heavy atom. The highest BCUT2D eigenvalue weighted by molar-refractivity contribution is 8.25. The number of ether oxygens (including phenoxy) is 6. The quantitative estimate of drug-likeness (QED) is 0.0271. The Morgan fingerprint density at radius 1 is 0.578 bits per heavy atom. The van der Waals surface area contributed by atoms with Crippen LogP contribution in [0.4, 0.5) is 0 Å². The number of benzene rings is 2. The lowest BCUT2D eigenvalue weighted by atomic mass is 9.82. The van der Waals surface area contributed by atoms with E-state index in [1.165, 1.54) is 47.0 Å².